The van der Waals surface area contributed by atoms with E-state index in [0.29, 0.717) is 16.4 Å². The molecule has 0 aliphatic carbocycles. The standard InChI is InChI=1S/C20H22N4O3S/c1-11(2)23-17(26)14-7-5-6-8-15(14)24-16(25)9-10-20(23,24)18(27)22-19-21-12(3)13(4)28-19/h5-8,11H,9-10H2,1-4H3,(H,21,22,27)/t20-/m0/s1. The molecule has 2 aromatic rings. The number of amides is 3. The smallest absolute Gasteiger partial charge is 0.273 e. The molecular formula is C20H22N4O3S. The Morgan fingerprint density at radius 3 is 2.61 bits per heavy atom. The molecule has 1 fully saturated rings. The lowest BCUT2D eigenvalue weighted by Crippen LogP contribution is -2.70. The quantitative estimate of drug-likeness (QED) is 0.861. The molecule has 8 heteroatoms. The third kappa shape index (κ3) is 2.47. The van der Waals surface area contributed by atoms with Crippen LogP contribution in [0.1, 0.15) is 47.6 Å². The second-order valence-corrected chi connectivity index (χ2v) is 8.65. The Bertz CT molecular complexity index is 980. The molecule has 1 aromatic heterocycles. The summed E-state index contributed by atoms with van der Waals surface area (Å²) < 4.78 is 0. The second-order valence-electron chi connectivity index (χ2n) is 7.45. The zero-order valence-corrected chi connectivity index (χ0v) is 17.1. The molecule has 1 N–H and O–H groups in total. The zero-order chi connectivity index (χ0) is 20.2. The van der Waals surface area contributed by atoms with Gasteiger partial charge in [-0.15, -0.1) is 11.3 Å². The fourth-order valence-electron chi connectivity index (χ4n) is 4.13. The molecule has 0 radical (unpaired) electrons. The van der Waals surface area contributed by atoms with Gasteiger partial charge >= 0.3 is 0 Å². The van der Waals surface area contributed by atoms with Crippen molar-refractivity contribution < 1.29 is 14.4 Å². The van der Waals surface area contributed by atoms with Crippen LogP contribution in [0.4, 0.5) is 10.8 Å². The number of anilines is 2. The molecular weight excluding hydrogens is 376 g/mol. The summed E-state index contributed by atoms with van der Waals surface area (Å²) in [5.41, 5.74) is 0.400. The highest BCUT2D eigenvalue weighted by atomic mass is 32.1. The van der Waals surface area contributed by atoms with Crippen molar-refractivity contribution >= 4 is 39.9 Å². The minimum atomic E-state index is -1.38. The molecule has 1 saturated heterocycles. The van der Waals surface area contributed by atoms with Gasteiger partial charge in [0.05, 0.1) is 16.9 Å². The monoisotopic (exact) mass is 398 g/mol. The summed E-state index contributed by atoms with van der Waals surface area (Å²) in [4.78, 5) is 48.2. The average molecular weight is 398 g/mol. The van der Waals surface area contributed by atoms with E-state index in [-0.39, 0.29) is 30.7 Å². The van der Waals surface area contributed by atoms with E-state index in [4.69, 9.17) is 0 Å². The number of carbonyl (C=O) groups is 3. The van der Waals surface area contributed by atoms with Crippen molar-refractivity contribution in [1.82, 2.24) is 9.88 Å². The van der Waals surface area contributed by atoms with Crippen LogP contribution in [0, 0.1) is 13.8 Å². The number of nitrogens with zero attached hydrogens (tertiary/aromatic N) is 3. The van der Waals surface area contributed by atoms with E-state index in [2.05, 4.69) is 10.3 Å². The molecule has 0 unspecified atom stereocenters. The number of hydrogen-bond donors (Lipinski definition) is 1. The predicted molar refractivity (Wildman–Crippen MR) is 107 cm³/mol. The topological polar surface area (TPSA) is 82.6 Å². The number of carbonyl (C=O) groups excluding carboxylic acids is 3. The van der Waals surface area contributed by atoms with Gasteiger partial charge < -0.3 is 4.90 Å². The van der Waals surface area contributed by atoms with Crippen molar-refractivity contribution in [3.05, 3.63) is 40.4 Å². The average Bonchev–Trinajstić information content (AvgIpc) is 3.15. The maximum Gasteiger partial charge on any atom is 0.273 e. The highest BCUT2D eigenvalue weighted by Crippen LogP contribution is 2.46. The molecule has 146 valence electrons. The van der Waals surface area contributed by atoms with Crippen LogP contribution in [0.3, 0.4) is 0 Å². The van der Waals surface area contributed by atoms with Crippen LogP contribution in [0.2, 0.25) is 0 Å². The summed E-state index contributed by atoms with van der Waals surface area (Å²) in [6, 6.07) is 6.71. The molecule has 3 heterocycles. The highest BCUT2D eigenvalue weighted by molar-refractivity contribution is 7.15. The lowest BCUT2D eigenvalue weighted by molar-refractivity contribution is -0.129. The molecule has 0 bridgehead atoms. The predicted octanol–water partition coefficient (Wildman–Crippen LogP) is 3.09. The number of aromatic nitrogens is 1. The molecule has 0 saturated carbocycles. The van der Waals surface area contributed by atoms with Crippen LogP contribution in [0.25, 0.3) is 0 Å². The first-order valence-corrected chi connectivity index (χ1v) is 10.1. The molecule has 1 atom stereocenters. The number of thiazole rings is 1. The zero-order valence-electron chi connectivity index (χ0n) is 16.3. The van der Waals surface area contributed by atoms with Crippen molar-refractivity contribution in [1.29, 1.82) is 0 Å². The van der Waals surface area contributed by atoms with Crippen LogP contribution < -0.4 is 10.2 Å². The van der Waals surface area contributed by atoms with Gasteiger partial charge in [0.2, 0.25) is 11.6 Å². The number of hydrogen-bond acceptors (Lipinski definition) is 5. The van der Waals surface area contributed by atoms with Gasteiger partial charge in [-0.1, -0.05) is 12.1 Å². The molecule has 1 aromatic carbocycles. The Morgan fingerprint density at radius 2 is 1.96 bits per heavy atom. The summed E-state index contributed by atoms with van der Waals surface area (Å²) in [6.45, 7) is 7.54. The van der Waals surface area contributed by atoms with Gasteiger partial charge in [-0.25, -0.2) is 4.98 Å². The summed E-state index contributed by atoms with van der Waals surface area (Å²) in [5.74, 6) is -0.797. The first kappa shape index (κ1) is 18.6. The first-order chi connectivity index (χ1) is 13.3. The fraction of sp³-hybridized carbons (Fsp3) is 0.400. The molecule has 2 aliphatic heterocycles. The largest absolute Gasteiger partial charge is 0.304 e. The SMILES string of the molecule is Cc1nc(NC(=O)[C@]23CCC(=O)N2c2ccccc2C(=O)N3C(C)C)sc1C. The Hall–Kier alpha value is -2.74. The summed E-state index contributed by atoms with van der Waals surface area (Å²) in [6.07, 6.45) is 0.452. The molecule has 2 aliphatic rings. The number of rotatable bonds is 3. The molecule has 3 amide bonds. The number of aryl methyl sites for hydroxylation is 2. The van der Waals surface area contributed by atoms with E-state index in [1.165, 1.54) is 16.2 Å². The minimum absolute atomic E-state index is 0.160. The van der Waals surface area contributed by atoms with Crippen molar-refractivity contribution in [2.45, 2.75) is 52.2 Å². The first-order valence-electron chi connectivity index (χ1n) is 9.28. The van der Waals surface area contributed by atoms with Crippen molar-refractivity contribution in [3.8, 4) is 0 Å². The summed E-state index contributed by atoms with van der Waals surface area (Å²) in [5, 5.41) is 3.35. The third-order valence-electron chi connectivity index (χ3n) is 5.43. The summed E-state index contributed by atoms with van der Waals surface area (Å²) in [7, 11) is 0. The van der Waals surface area contributed by atoms with E-state index < -0.39 is 11.6 Å². The third-order valence-corrected chi connectivity index (χ3v) is 6.42. The van der Waals surface area contributed by atoms with Crippen LogP contribution >= 0.6 is 11.3 Å². The number of benzene rings is 1. The molecule has 0 spiro atoms. The van der Waals surface area contributed by atoms with Crippen LogP contribution in [-0.4, -0.2) is 39.3 Å². The van der Waals surface area contributed by atoms with E-state index in [1.807, 2.05) is 27.7 Å². The fourth-order valence-corrected chi connectivity index (χ4v) is 4.94. The van der Waals surface area contributed by atoms with Crippen molar-refractivity contribution in [2.75, 3.05) is 10.2 Å². The lowest BCUT2D eigenvalue weighted by atomic mass is 9.94. The van der Waals surface area contributed by atoms with E-state index in [9.17, 15) is 14.4 Å². The maximum atomic E-state index is 13.6. The van der Waals surface area contributed by atoms with E-state index in [0.717, 1.165) is 10.6 Å². The van der Waals surface area contributed by atoms with Crippen LogP contribution in [0.15, 0.2) is 24.3 Å². The normalized spacial score (nSPS) is 21.2. The van der Waals surface area contributed by atoms with E-state index >= 15 is 0 Å². The maximum absolute atomic E-state index is 13.6. The van der Waals surface area contributed by atoms with Gasteiger partial charge in [0, 0.05) is 23.8 Å². The van der Waals surface area contributed by atoms with Gasteiger partial charge in [-0.3, -0.25) is 24.6 Å². The van der Waals surface area contributed by atoms with Gasteiger partial charge in [-0.2, -0.15) is 0 Å². The number of para-hydroxylation sites is 1. The summed E-state index contributed by atoms with van der Waals surface area (Å²) >= 11 is 1.38. The number of nitrogens with one attached hydrogen (secondary N) is 1. The van der Waals surface area contributed by atoms with Gasteiger partial charge in [0.15, 0.2) is 5.13 Å². The van der Waals surface area contributed by atoms with Gasteiger partial charge in [0.25, 0.3) is 11.8 Å². The van der Waals surface area contributed by atoms with E-state index in [1.54, 1.807) is 29.2 Å². The van der Waals surface area contributed by atoms with Crippen molar-refractivity contribution in [2.24, 2.45) is 0 Å². The van der Waals surface area contributed by atoms with Crippen LogP contribution in [0.5, 0.6) is 0 Å². The molecule has 4 rings (SSSR count). The Balaban J connectivity index is 1.86. The second kappa shape index (κ2) is 6.41. The Kier molecular flexibility index (Phi) is 4.26. The lowest BCUT2D eigenvalue weighted by Gasteiger charge is -2.50. The molecule has 28 heavy (non-hydrogen) atoms. The highest BCUT2D eigenvalue weighted by Gasteiger charge is 2.61. The minimum Gasteiger partial charge on any atom is -0.304 e. The number of fused-ring (bicyclic) bond motifs is 3. The van der Waals surface area contributed by atoms with Crippen LogP contribution in [-0.2, 0) is 9.59 Å². The molecule has 7 nitrogen and oxygen atoms in total. The van der Waals surface area contributed by atoms with Gasteiger partial charge in [0.1, 0.15) is 0 Å². The Morgan fingerprint density at radius 1 is 1.25 bits per heavy atom. The van der Waals surface area contributed by atoms with Crippen molar-refractivity contribution in [3.63, 3.8) is 0 Å². The Labute approximate surface area is 167 Å². The van der Waals surface area contributed by atoms with Gasteiger partial charge in [-0.05, 0) is 39.8 Å².